The molecule has 4 heteroatoms. The minimum Gasteiger partial charge on any atom is -0.380 e. The number of nitrogens with one attached hydrogen (secondary N) is 1. The maximum atomic E-state index is 5.40. The van der Waals surface area contributed by atoms with Crippen LogP contribution in [0.1, 0.15) is 26.0 Å². The van der Waals surface area contributed by atoms with Crippen LogP contribution in [-0.4, -0.2) is 37.8 Å². The molecule has 1 aliphatic rings. The number of aromatic nitrogens is 1. The molecule has 1 saturated heterocycles. The van der Waals surface area contributed by atoms with Gasteiger partial charge in [0.25, 0.3) is 0 Å². The Hall–Kier alpha value is -1.13. The van der Waals surface area contributed by atoms with E-state index < -0.39 is 0 Å². The Balaban J connectivity index is 1.92. The summed E-state index contributed by atoms with van der Waals surface area (Å²) in [5.41, 5.74) is 1.11. The number of methoxy groups -OCH3 is 1. The fourth-order valence-electron chi connectivity index (χ4n) is 2.36. The second kappa shape index (κ2) is 6.87. The number of hydrogen-bond acceptors (Lipinski definition) is 4. The summed E-state index contributed by atoms with van der Waals surface area (Å²) < 4.78 is 5.40. The average Bonchev–Trinajstić information content (AvgIpc) is 2.87. The standard InChI is InChI=1S/C15H25N3O/c1-12(2)9-16-10-13-5-4-6-15(17-13)18-8-7-14(11-18)19-3/h4-6,12,14,16H,7-11H2,1-3H3. The minimum atomic E-state index is 0.351. The van der Waals surface area contributed by atoms with Crippen LogP contribution in [0.4, 0.5) is 5.82 Å². The van der Waals surface area contributed by atoms with Crippen LogP contribution < -0.4 is 10.2 Å². The highest BCUT2D eigenvalue weighted by atomic mass is 16.5. The van der Waals surface area contributed by atoms with Crippen molar-refractivity contribution in [1.29, 1.82) is 0 Å². The van der Waals surface area contributed by atoms with Crippen LogP contribution in [0, 0.1) is 5.92 Å². The van der Waals surface area contributed by atoms with Gasteiger partial charge < -0.3 is 15.0 Å². The van der Waals surface area contributed by atoms with Gasteiger partial charge >= 0.3 is 0 Å². The maximum absolute atomic E-state index is 5.40. The van der Waals surface area contributed by atoms with Crippen molar-refractivity contribution >= 4 is 5.82 Å². The molecule has 2 heterocycles. The van der Waals surface area contributed by atoms with Gasteiger partial charge in [-0.05, 0) is 31.0 Å². The van der Waals surface area contributed by atoms with E-state index in [0.29, 0.717) is 12.0 Å². The molecule has 1 N–H and O–H groups in total. The molecular weight excluding hydrogens is 238 g/mol. The van der Waals surface area contributed by atoms with E-state index in [-0.39, 0.29) is 0 Å². The first-order chi connectivity index (χ1) is 9.19. The van der Waals surface area contributed by atoms with Crippen molar-refractivity contribution in [1.82, 2.24) is 10.3 Å². The summed E-state index contributed by atoms with van der Waals surface area (Å²) in [5, 5.41) is 3.43. The van der Waals surface area contributed by atoms with E-state index in [1.54, 1.807) is 7.11 Å². The van der Waals surface area contributed by atoms with Gasteiger partial charge in [-0.1, -0.05) is 19.9 Å². The molecule has 0 radical (unpaired) electrons. The number of rotatable bonds is 6. The Kier molecular flexibility index (Phi) is 5.16. The Bertz CT molecular complexity index is 395. The molecule has 19 heavy (non-hydrogen) atoms. The second-order valence-corrected chi connectivity index (χ2v) is 5.60. The molecule has 106 valence electrons. The molecule has 0 spiro atoms. The molecule has 0 bridgehead atoms. The summed E-state index contributed by atoms with van der Waals surface area (Å²) in [6.07, 6.45) is 1.44. The van der Waals surface area contributed by atoms with Crippen LogP contribution in [0.25, 0.3) is 0 Å². The predicted molar refractivity (Wildman–Crippen MR) is 78.4 cm³/mol. The van der Waals surface area contributed by atoms with Crippen LogP contribution in [0.3, 0.4) is 0 Å². The summed E-state index contributed by atoms with van der Waals surface area (Å²) in [4.78, 5) is 7.03. The number of hydrogen-bond donors (Lipinski definition) is 1. The molecule has 2 rings (SSSR count). The lowest BCUT2D eigenvalue weighted by Gasteiger charge is -2.18. The molecule has 1 fully saturated rings. The Labute approximate surface area is 116 Å². The van der Waals surface area contributed by atoms with Crippen molar-refractivity contribution in [3.63, 3.8) is 0 Å². The van der Waals surface area contributed by atoms with Crippen molar-refractivity contribution in [3.8, 4) is 0 Å². The van der Waals surface area contributed by atoms with Crippen LogP contribution in [0.5, 0.6) is 0 Å². The zero-order chi connectivity index (χ0) is 13.7. The zero-order valence-electron chi connectivity index (χ0n) is 12.2. The van der Waals surface area contributed by atoms with Gasteiger partial charge in [0, 0.05) is 26.7 Å². The lowest BCUT2D eigenvalue weighted by molar-refractivity contribution is 0.121. The van der Waals surface area contributed by atoms with E-state index in [1.165, 1.54) is 0 Å². The summed E-state index contributed by atoms with van der Waals surface area (Å²) >= 11 is 0. The van der Waals surface area contributed by atoms with E-state index in [1.807, 2.05) is 0 Å². The smallest absolute Gasteiger partial charge is 0.128 e. The fraction of sp³-hybridized carbons (Fsp3) is 0.667. The third-order valence-corrected chi connectivity index (χ3v) is 3.45. The van der Waals surface area contributed by atoms with Crippen molar-refractivity contribution in [2.24, 2.45) is 5.92 Å². The summed E-state index contributed by atoms with van der Waals surface area (Å²) in [7, 11) is 1.79. The predicted octanol–water partition coefficient (Wildman–Crippen LogP) is 2.05. The van der Waals surface area contributed by atoms with E-state index in [2.05, 4.69) is 42.3 Å². The summed E-state index contributed by atoms with van der Waals surface area (Å²) in [6.45, 7) is 8.29. The lowest BCUT2D eigenvalue weighted by Crippen LogP contribution is -2.24. The number of nitrogens with zero attached hydrogens (tertiary/aromatic N) is 2. The van der Waals surface area contributed by atoms with Crippen molar-refractivity contribution in [2.45, 2.75) is 32.9 Å². The third kappa shape index (κ3) is 4.18. The van der Waals surface area contributed by atoms with Gasteiger partial charge in [0.2, 0.25) is 0 Å². The van der Waals surface area contributed by atoms with Gasteiger partial charge in [-0.15, -0.1) is 0 Å². The molecule has 1 unspecified atom stereocenters. The van der Waals surface area contributed by atoms with Gasteiger partial charge in [-0.25, -0.2) is 4.98 Å². The number of anilines is 1. The molecule has 4 nitrogen and oxygen atoms in total. The van der Waals surface area contributed by atoms with Gasteiger partial charge in [-0.2, -0.15) is 0 Å². The van der Waals surface area contributed by atoms with Crippen LogP contribution in [0.2, 0.25) is 0 Å². The monoisotopic (exact) mass is 263 g/mol. The Morgan fingerprint density at radius 2 is 2.32 bits per heavy atom. The largest absolute Gasteiger partial charge is 0.380 e. The van der Waals surface area contributed by atoms with E-state index >= 15 is 0 Å². The third-order valence-electron chi connectivity index (χ3n) is 3.45. The highest BCUT2D eigenvalue weighted by molar-refractivity contribution is 5.40. The van der Waals surface area contributed by atoms with Gasteiger partial charge in [0.15, 0.2) is 0 Å². The van der Waals surface area contributed by atoms with Crippen LogP contribution >= 0.6 is 0 Å². The van der Waals surface area contributed by atoms with Gasteiger partial charge in [0.05, 0.1) is 11.8 Å². The molecule has 1 aliphatic heterocycles. The molecule has 1 atom stereocenters. The molecule has 0 saturated carbocycles. The SMILES string of the molecule is COC1CCN(c2cccc(CNCC(C)C)n2)C1. The molecule has 0 aromatic carbocycles. The van der Waals surface area contributed by atoms with Crippen molar-refractivity contribution < 1.29 is 4.74 Å². The topological polar surface area (TPSA) is 37.4 Å². The van der Waals surface area contributed by atoms with E-state index in [0.717, 1.165) is 44.1 Å². The fourth-order valence-corrected chi connectivity index (χ4v) is 2.36. The highest BCUT2D eigenvalue weighted by Crippen LogP contribution is 2.19. The van der Waals surface area contributed by atoms with Crippen molar-refractivity contribution in [3.05, 3.63) is 23.9 Å². The van der Waals surface area contributed by atoms with Gasteiger partial charge in [0.1, 0.15) is 5.82 Å². The van der Waals surface area contributed by atoms with Gasteiger partial charge in [-0.3, -0.25) is 0 Å². The highest BCUT2D eigenvalue weighted by Gasteiger charge is 2.22. The normalized spacial score (nSPS) is 19.4. The second-order valence-electron chi connectivity index (χ2n) is 5.60. The first kappa shape index (κ1) is 14.3. The summed E-state index contributed by atoms with van der Waals surface area (Å²) in [6, 6.07) is 6.26. The first-order valence-corrected chi connectivity index (χ1v) is 7.13. The number of ether oxygens (including phenoxy) is 1. The Morgan fingerprint density at radius 1 is 1.47 bits per heavy atom. The minimum absolute atomic E-state index is 0.351. The molecular formula is C15H25N3O. The molecule has 1 aromatic heterocycles. The maximum Gasteiger partial charge on any atom is 0.128 e. The quantitative estimate of drug-likeness (QED) is 0.852. The van der Waals surface area contributed by atoms with Crippen LogP contribution in [-0.2, 0) is 11.3 Å². The van der Waals surface area contributed by atoms with Crippen molar-refractivity contribution in [2.75, 3.05) is 31.6 Å². The molecule has 1 aromatic rings. The molecule has 0 aliphatic carbocycles. The first-order valence-electron chi connectivity index (χ1n) is 7.13. The Morgan fingerprint density at radius 3 is 3.00 bits per heavy atom. The lowest BCUT2D eigenvalue weighted by atomic mass is 10.2. The number of pyridine rings is 1. The zero-order valence-corrected chi connectivity index (χ0v) is 12.2. The van der Waals surface area contributed by atoms with E-state index in [4.69, 9.17) is 9.72 Å². The van der Waals surface area contributed by atoms with E-state index in [9.17, 15) is 0 Å². The van der Waals surface area contributed by atoms with Crippen LogP contribution in [0.15, 0.2) is 18.2 Å². The average molecular weight is 263 g/mol. The molecule has 0 amide bonds. The summed E-state index contributed by atoms with van der Waals surface area (Å²) in [5.74, 6) is 1.74.